The van der Waals surface area contributed by atoms with Crippen molar-refractivity contribution in [1.29, 1.82) is 0 Å². The number of nitrogens with one attached hydrogen (secondary N) is 2. The second-order valence-electron chi connectivity index (χ2n) is 3.05. The Morgan fingerprint density at radius 2 is 2.19 bits per heavy atom. The van der Waals surface area contributed by atoms with Crippen molar-refractivity contribution in [2.24, 2.45) is 0 Å². The lowest BCUT2D eigenvalue weighted by Crippen LogP contribution is -2.34. The van der Waals surface area contributed by atoms with Crippen LogP contribution in [0.1, 0.15) is 10.4 Å². The van der Waals surface area contributed by atoms with Gasteiger partial charge in [0, 0.05) is 32.0 Å². The van der Waals surface area contributed by atoms with Crippen LogP contribution in [-0.4, -0.2) is 37.9 Å². The second kappa shape index (κ2) is 6.04. The zero-order valence-corrected chi connectivity index (χ0v) is 9.15. The molecule has 0 atom stereocenters. The number of hydrogen-bond acceptors (Lipinski definition) is 4. The summed E-state index contributed by atoms with van der Waals surface area (Å²) in [5.41, 5.74) is -0.0163. The fourth-order valence-corrected chi connectivity index (χ4v) is 1.13. The van der Waals surface area contributed by atoms with Crippen LogP contribution >= 0.6 is 0 Å². The van der Waals surface area contributed by atoms with Gasteiger partial charge in [-0.3, -0.25) is 9.59 Å². The first kappa shape index (κ1) is 12.4. The van der Waals surface area contributed by atoms with E-state index in [2.05, 4.69) is 10.3 Å². The average Bonchev–Trinajstić information content (AvgIpc) is 2.30. The molecule has 88 valence electrons. The highest BCUT2D eigenvalue weighted by molar-refractivity contribution is 5.93. The summed E-state index contributed by atoms with van der Waals surface area (Å²) in [6.45, 7) is 0.221. The molecule has 2 N–H and O–H groups in total. The van der Waals surface area contributed by atoms with Gasteiger partial charge in [-0.25, -0.2) is 0 Å². The van der Waals surface area contributed by atoms with Gasteiger partial charge in [0.05, 0.1) is 6.54 Å². The SMILES string of the molecule is COC(CNC(=O)c1cc[nH]c(=O)c1)OC. The van der Waals surface area contributed by atoms with E-state index in [4.69, 9.17) is 9.47 Å². The van der Waals surface area contributed by atoms with Crippen molar-refractivity contribution in [3.05, 3.63) is 34.2 Å². The molecular weight excluding hydrogens is 212 g/mol. The number of carbonyl (C=O) groups is 1. The van der Waals surface area contributed by atoms with E-state index < -0.39 is 6.29 Å². The Kier molecular flexibility index (Phi) is 4.68. The Hall–Kier alpha value is -1.66. The normalized spacial score (nSPS) is 10.4. The highest BCUT2D eigenvalue weighted by Crippen LogP contribution is 1.94. The molecule has 0 saturated carbocycles. The van der Waals surface area contributed by atoms with E-state index in [-0.39, 0.29) is 18.0 Å². The minimum atomic E-state index is -0.494. The van der Waals surface area contributed by atoms with Gasteiger partial charge >= 0.3 is 0 Å². The standard InChI is InChI=1S/C10H14N2O4/c1-15-9(16-2)6-12-10(14)7-3-4-11-8(13)5-7/h3-5,9H,6H2,1-2H3,(H,11,13)(H,12,14). The molecular formula is C10H14N2O4. The number of aromatic nitrogens is 1. The summed E-state index contributed by atoms with van der Waals surface area (Å²) >= 11 is 0. The summed E-state index contributed by atoms with van der Waals surface area (Å²) in [6.07, 6.45) is 0.924. The van der Waals surface area contributed by atoms with Gasteiger partial charge in [0.15, 0.2) is 6.29 Å². The van der Waals surface area contributed by atoms with Crippen LogP contribution < -0.4 is 10.9 Å². The van der Waals surface area contributed by atoms with Crippen LogP contribution in [0.25, 0.3) is 0 Å². The van der Waals surface area contributed by atoms with Gasteiger partial charge < -0.3 is 19.8 Å². The van der Waals surface area contributed by atoms with Gasteiger partial charge in [-0.1, -0.05) is 0 Å². The van der Waals surface area contributed by atoms with Crippen LogP contribution in [-0.2, 0) is 9.47 Å². The summed E-state index contributed by atoms with van der Waals surface area (Å²) in [6, 6.07) is 2.75. The minimum Gasteiger partial charge on any atom is -0.354 e. The fourth-order valence-electron chi connectivity index (χ4n) is 1.13. The molecule has 0 aliphatic heterocycles. The lowest BCUT2D eigenvalue weighted by molar-refractivity contribution is -0.0974. The van der Waals surface area contributed by atoms with Crippen molar-refractivity contribution >= 4 is 5.91 Å². The lowest BCUT2D eigenvalue weighted by atomic mass is 10.2. The molecule has 0 aliphatic rings. The third-order valence-corrected chi connectivity index (χ3v) is 1.99. The molecule has 1 rings (SSSR count). The fraction of sp³-hybridized carbons (Fsp3) is 0.400. The number of ether oxygens (including phenoxy) is 2. The van der Waals surface area contributed by atoms with Crippen molar-refractivity contribution in [3.63, 3.8) is 0 Å². The van der Waals surface area contributed by atoms with E-state index in [1.54, 1.807) is 0 Å². The number of amides is 1. The molecule has 0 aromatic carbocycles. The maximum atomic E-state index is 11.6. The Morgan fingerprint density at radius 1 is 1.50 bits per heavy atom. The highest BCUT2D eigenvalue weighted by atomic mass is 16.7. The summed E-state index contributed by atoms with van der Waals surface area (Å²) in [4.78, 5) is 24.9. The third-order valence-electron chi connectivity index (χ3n) is 1.99. The maximum Gasteiger partial charge on any atom is 0.251 e. The number of rotatable bonds is 5. The Labute approximate surface area is 92.6 Å². The topological polar surface area (TPSA) is 80.4 Å². The Morgan fingerprint density at radius 3 is 2.75 bits per heavy atom. The molecule has 0 bridgehead atoms. The van der Waals surface area contributed by atoms with Crippen molar-refractivity contribution in [3.8, 4) is 0 Å². The van der Waals surface area contributed by atoms with Gasteiger partial charge in [-0.15, -0.1) is 0 Å². The first-order valence-corrected chi connectivity index (χ1v) is 4.70. The minimum absolute atomic E-state index is 0.221. The number of carbonyl (C=O) groups excluding carboxylic acids is 1. The number of methoxy groups -OCH3 is 2. The van der Waals surface area contributed by atoms with Crippen LogP contribution in [0.3, 0.4) is 0 Å². The van der Waals surface area contributed by atoms with E-state index in [0.29, 0.717) is 5.56 Å². The molecule has 0 fully saturated rings. The highest BCUT2D eigenvalue weighted by Gasteiger charge is 2.09. The molecule has 0 saturated heterocycles. The van der Waals surface area contributed by atoms with Gasteiger partial charge in [0.25, 0.3) is 5.91 Å². The molecule has 0 spiro atoms. The summed E-state index contributed by atoms with van der Waals surface area (Å²) in [5.74, 6) is -0.342. The van der Waals surface area contributed by atoms with Crippen LogP contribution in [0.15, 0.2) is 23.1 Å². The predicted molar refractivity (Wildman–Crippen MR) is 57.2 cm³/mol. The molecule has 1 aromatic rings. The largest absolute Gasteiger partial charge is 0.354 e. The first-order chi connectivity index (χ1) is 7.67. The number of H-pyrrole nitrogens is 1. The van der Waals surface area contributed by atoms with Crippen molar-refractivity contribution in [1.82, 2.24) is 10.3 Å². The third kappa shape index (κ3) is 3.48. The number of pyridine rings is 1. The van der Waals surface area contributed by atoms with Crippen LogP contribution in [0.5, 0.6) is 0 Å². The molecule has 16 heavy (non-hydrogen) atoms. The van der Waals surface area contributed by atoms with Gasteiger partial charge in [-0.2, -0.15) is 0 Å². The van der Waals surface area contributed by atoms with Crippen LogP contribution in [0.4, 0.5) is 0 Å². The number of hydrogen-bond donors (Lipinski definition) is 2. The Bertz CT molecular complexity index is 398. The summed E-state index contributed by atoms with van der Waals surface area (Å²) in [5, 5.41) is 2.59. The molecule has 1 amide bonds. The molecule has 1 aromatic heterocycles. The smallest absolute Gasteiger partial charge is 0.251 e. The van der Waals surface area contributed by atoms with Gasteiger partial charge in [0.1, 0.15) is 0 Å². The molecule has 0 radical (unpaired) electrons. The van der Waals surface area contributed by atoms with Crippen LogP contribution in [0, 0.1) is 0 Å². The van der Waals surface area contributed by atoms with E-state index in [0.717, 1.165) is 0 Å². The molecule has 0 aliphatic carbocycles. The number of aromatic amines is 1. The van der Waals surface area contributed by atoms with Crippen molar-refractivity contribution < 1.29 is 14.3 Å². The molecule has 1 heterocycles. The van der Waals surface area contributed by atoms with E-state index in [9.17, 15) is 9.59 Å². The lowest BCUT2D eigenvalue weighted by Gasteiger charge is -2.13. The summed E-state index contributed by atoms with van der Waals surface area (Å²) in [7, 11) is 2.96. The van der Waals surface area contributed by atoms with Crippen molar-refractivity contribution in [2.45, 2.75) is 6.29 Å². The monoisotopic (exact) mass is 226 g/mol. The average molecular weight is 226 g/mol. The predicted octanol–water partition coefficient (Wildman–Crippen LogP) is -0.276. The van der Waals surface area contributed by atoms with Gasteiger partial charge in [0.2, 0.25) is 5.56 Å². The maximum absolute atomic E-state index is 11.6. The second-order valence-corrected chi connectivity index (χ2v) is 3.05. The van der Waals surface area contributed by atoms with E-state index in [1.807, 2.05) is 0 Å². The quantitative estimate of drug-likeness (QED) is 0.677. The van der Waals surface area contributed by atoms with Crippen LogP contribution in [0.2, 0.25) is 0 Å². The van der Waals surface area contributed by atoms with Crippen molar-refractivity contribution in [2.75, 3.05) is 20.8 Å². The molecule has 6 nitrogen and oxygen atoms in total. The molecule has 6 heteroatoms. The Balaban J connectivity index is 2.56. The van der Waals surface area contributed by atoms with Gasteiger partial charge in [-0.05, 0) is 6.07 Å². The zero-order chi connectivity index (χ0) is 12.0. The van der Waals surface area contributed by atoms with E-state index >= 15 is 0 Å². The van der Waals surface area contributed by atoms with E-state index in [1.165, 1.54) is 32.5 Å². The molecule has 0 unspecified atom stereocenters. The summed E-state index contributed by atoms with van der Waals surface area (Å²) < 4.78 is 9.81. The zero-order valence-electron chi connectivity index (χ0n) is 9.15. The first-order valence-electron chi connectivity index (χ1n) is 4.70.